The van der Waals surface area contributed by atoms with Gasteiger partial charge in [0.25, 0.3) is 5.91 Å². The van der Waals surface area contributed by atoms with E-state index in [9.17, 15) is 14.4 Å². The monoisotopic (exact) mass is 829 g/mol. The fraction of sp³-hybridized carbons (Fsp3) is 0.468. The molecule has 3 N–H and O–H groups in total. The molecular formula is C47H59N9O5. The Morgan fingerprint density at radius 2 is 1.67 bits per heavy atom. The number of piperazine rings is 1. The molecule has 4 amide bonds. The molecule has 0 saturated carbocycles. The highest BCUT2D eigenvalue weighted by molar-refractivity contribution is 5.99. The summed E-state index contributed by atoms with van der Waals surface area (Å²) < 4.78 is 11.7. The number of carbonyl (C=O) groups is 3. The van der Waals surface area contributed by atoms with Gasteiger partial charge in [0.15, 0.2) is 6.10 Å². The van der Waals surface area contributed by atoms with E-state index in [1.807, 2.05) is 44.2 Å². The maximum absolute atomic E-state index is 12.6. The first-order chi connectivity index (χ1) is 29.6. The number of rotatable bonds is 14. The lowest BCUT2D eigenvalue weighted by Crippen LogP contribution is -2.58. The number of carbonyl (C=O) groups excluding carboxylic acids is 3. The molecule has 0 spiro atoms. The number of aryl methyl sites for hydroxylation is 1. The van der Waals surface area contributed by atoms with Gasteiger partial charge < -0.3 is 34.8 Å². The minimum atomic E-state index is -0.626. The Balaban J connectivity index is 0.742. The van der Waals surface area contributed by atoms with E-state index in [-0.39, 0.29) is 30.1 Å². The number of imide groups is 1. The largest absolute Gasteiger partial charge is 0.481 e. The van der Waals surface area contributed by atoms with Crippen LogP contribution in [0.25, 0.3) is 11.3 Å². The first-order valence-electron chi connectivity index (χ1n) is 21.9. The van der Waals surface area contributed by atoms with Gasteiger partial charge in [0.1, 0.15) is 5.75 Å². The van der Waals surface area contributed by atoms with Crippen LogP contribution in [0, 0.1) is 12.8 Å². The van der Waals surface area contributed by atoms with Crippen molar-refractivity contribution in [1.82, 2.24) is 35.3 Å². The highest BCUT2D eigenvalue weighted by Gasteiger charge is 2.32. The lowest BCUT2D eigenvalue weighted by atomic mass is 9.95. The van der Waals surface area contributed by atoms with Crippen molar-refractivity contribution in [2.24, 2.45) is 5.92 Å². The summed E-state index contributed by atoms with van der Waals surface area (Å²) in [5, 5.41) is 8.79. The molecule has 4 saturated heterocycles. The molecule has 4 aliphatic rings. The molecule has 322 valence electrons. The van der Waals surface area contributed by atoms with Crippen LogP contribution in [0.2, 0.25) is 0 Å². The summed E-state index contributed by atoms with van der Waals surface area (Å²) >= 11 is 0. The normalized spacial score (nSPS) is 19.4. The second-order valence-corrected chi connectivity index (χ2v) is 17.2. The van der Waals surface area contributed by atoms with Gasteiger partial charge in [-0.05, 0) is 92.6 Å². The number of amides is 4. The second-order valence-electron chi connectivity index (χ2n) is 17.2. The zero-order valence-corrected chi connectivity index (χ0v) is 35.6. The molecule has 3 aromatic carbocycles. The summed E-state index contributed by atoms with van der Waals surface area (Å²) in [6, 6.07) is 24.6. The quantitative estimate of drug-likeness (QED) is 0.134. The van der Waals surface area contributed by atoms with E-state index >= 15 is 0 Å². The standard InChI is InChI=1S/C47H59N9O5/c1-32(2)60-41-30-56(31-41)47(59)49-27-37-10-9-36(25-33(37)3)42-15-18-48-46(51-42)50-38-11-7-34(8-12-38)28-53-21-23-54(24-22-53)29-35-16-19-55(20-17-35)39-5-4-6-40(26-39)61-43-13-14-44(57)52-45(43)58/h4-12,15,18,25-26,32,35,41,43H,13-14,16-17,19-24,27-31H2,1-3H3,(H,49,59)(H,48,50,51)(H,52,57,58). The highest BCUT2D eigenvalue weighted by Crippen LogP contribution is 2.29. The molecule has 14 nitrogen and oxygen atoms in total. The fourth-order valence-corrected chi connectivity index (χ4v) is 8.64. The van der Waals surface area contributed by atoms with Crippen LogP contribution in [0.3, 0.4) is 0 Å². The van der Waals surface area contributed by atoms with E-state index in [1.54, 1.807) is 11.1 Å². The summed E-state index contributed by atoms with van der Waals surface area (Å²) in [7, 11) is 0. The molecule has 14 heteroatoms. The zero-order chi connectivity index (χ0) is 42.3. The maximum Gasteiger partial charge on any atom is 0.317 e. The number of benzene rings is 3. The number of urea groups is 1. The molecule has 0 bridgehead atoms. The van der Waals surface area contributed by atoms with Crippen LogP contribution in [-0.2, 0) is 27.4 Å². The lowest BCUT2D eigenvalue weighted by molar-refractivity contribution is -0.138. The van der Waals surface area contributed by atoms with E-state index in [0.29, 0.717) is 50.1 Å². The van der Waals surface area contributed by atoms with E-state index in [1.165, 1.54) is 5.56 Å². The van der Waals surface area contributed by atoms with E-state index < -0.39 is 6.10 Å². The van der Waals surface area contributed by atoms with Crippen molar-refractivity contribution in [2.75, 3.05) is 69.1 Å². The number of likely N-dealkylation sites (tertiary alicyclic amines) is 1. The number of piperidine rings is 2. The minimum Gasteiger partial charge on any atom is -0.481 e. The zero-order valence-electron chi connectivity index (χ0n) is 35.6. The van der Waals surface area contributed by atoms with Crippen molar-refractivity contribution < 1.29 is 23.9 Å². The van der Waals surface area contributed by atoms with Crippen molar-refractivity contribution in [1.29, 1.82) is 0 Å². The topological polar surface area (TPSA) is 144 Å². The van der Waals surface area contributed by atoms with Crippen molar-refractivity contribution in [3.63, 3.8) is 0 Å². The number of nitrogens with one attached hydrogen (secondary N) is 3. The highest BCUT2D eigenvalue weighted by atomic mass is 16.5. The SMILES string of the molecule is Cc1cc(-c2ccnc(Nc3ccc(CN4CCN(CC5CCN(c6cccc(OC7CCC(=O)NC7=O)c6)CC5)CC4)cc3)n2)ccc1CNC(=O)N1CC(OC(C)C)C1. The van der Waals surface area contributed by atoms with Gasteiger partial charge in [-0.15, -0.1) is 0 Å². The van der Waals surface area contributed by atoms with Gasteiger partial charge in [0.05, 0.1) is 31.0 Å². The molecular weight excluding hydrogens is 771 g/mol. The Morgan fingerprint density at radius 3 is 2.41 bits per heavy atom. The number of aromatic nitrogens is 2. The number of anilines is 3. The summed E-state index contributed by atoms with van der Waals surface area (Å²) in [4.78, 5) is 54.9. The van der Waals surface area contributed by atoms with Gasteiger partial charge in [0, 0.05) is 101 Å². The van der Waals surface area contributed by atoms with Crippen molar-refractivity contribution >= 4 is 35.2 Å². The van der Waals surface area contributed by atoms with E-state index in [2.05, 4.69) is 85.0 Å². The number of nitrogens with zero attached hydrogens (tertiary/aromatic N) is 6. The van der Waals surface area contributed by atoms with Crippen LogP contribution in [0.15, 0.2) is 79.0 Å². The predicted molar refractivity (Wildman–Crippen MR) is 236 cm³/mol. The van der Waals surface area contributed by atoms with Gasteiger partial charge in [-0.3, -0.25) is 19.8 Å². The number of hydrogen-bond acceptors (Lipinski definition) is 11. The average molecular weight is 830 g/mol. The predicted octanol–water partition coefficient (Wildman–Crippen LogP) is 5.73. The molecule has 4 aliphatic heterocycles. The smallest absolute Gasteiger partial charge is 0.317 e. The lowest BCUT2D eigenvalue weighted by Gasteiger charge is -2.39. The van der Waals surface area contributed by atoms with Gasteiger partial charge in [-0.1, -0.05) is 30.3 Å². The van der Waals surface area contributed by atoms with Crippen LogP contribution >= 0.6 is 0 Å². The van der Waals surface area contributed by atoms with Crippen LogP contribution in [0.1, 0.15) is 56.2 Å². The van der Waals surface area contributed by atoms with Crippen molar-refractivity contribution in [3.8, 4) is 17.0 Å². The first kappa shape index (κ1) is 42.1. The molecule has 4 aromatic rings. The maximum atomic E-state index is 12.6. The summed E-state index contributed by atoms with van der Waals surface area (Å²) in [6.45, 7) is 16.2. The molecule has 61 heavy (non-hydrogen) atoms. The second kappa shape index (κ2) is 19.4. The molecule has 1 atom stereocenters. The summed E-state index contributed by atoms with van der Waals surface area (Å²) in [6.07, 6.45) is 4.46. The third kappa shape index (κ3) is 11.2. The minimum absolute atomic E-state index is 0.0614. The molecule has 4 fully saturated rings. The Labute approximate surface area is 359 Å². The van der Waals surface area contributed by atoms with Gasteiger partial charge >= 0.3 is 6.03 Å². The Bertz CT molecular complexity index is 2140. The number of hydrogen-bond donors (Lipinski definition) is 3. The van der Waals surface area contributed by atoms with Gasteiger partial charge in [0.2, 0.25) is 11.9 Å². The molecule has 8 rings (SSSR count). The van der Waals surface area contributed by atoms with Crippen molar-refractivity contribution in [3.05, 3.63) is 95.7 Å². The third-order valence-electron chi connectivity index (χ3n) is 12.2. The van der Waals surface area contributed by atoms with Crippen LogP contribution in [-0.4, -0.2) is 120 Å². The molecule has 5 heterocycles. The molecule has 1 aromatic heterocycles. The molecule has 0 radical (unpaired) electrons. The van der Waals surface area contributed by atoms with Gasteiger partial charge in [-0.25, -0.2) is 14.8 Å². The Morgan fingerprint density at radius 1 is 0.902 bits per heavy atom. The fourth-order valence-electron chi connectivity index (χ4n) is 8.64. The average Bonchev–Trinajstić information content (AvgIpc) is 3.24. The Kier molecular flexibility index (Phi) is 13.4. The number of ether oxygens (including phenoxy) is 2. The van der Waals surface area contributed by atoms with Crippen LogP contribution in [0.5, 0.6) is 5.75 Å². The summed E-state index contributed by atoms with van der Waals surface area (Å²) in [5.74, 6) is 1.30. The first-order valence-corrected chi connectivity index (χ1v) is 21.9. The summed E-state index contributed by atoms with van der Waals surface area (Å²) in [5.41, 5.74) is 7.32. The third-order valence-corrected chi connectivity index (χ3v) is 12.2. The van der Waals surface area contributed by atoms with Gasteiger partial charge in [-0.2, -0.15) is 0 Å². The van der Waals surface area contributed by atoms with Crippen LogP contribution in [0.4, 0.5) is 22.1 Å². The molecule has 1 unspecified atom stereocenters. The van der Waals surface area contributed by atoms with Crippen LogP contribution < -0.4 is 25.6 Å². The Hall–Kier alpha value is -5.57. The van der Waals surface area contributed by atoms with E-state index in [0.717, 1.165) is 99.0 Å². The van der Waals surface area contributed by atoms with E-state index in [4.69, 9.17) is 14.5 Å². The van der Waals surface area contributed by atoms with Crippen molar-refractivity contribution in [2.45, 2.75) is 77.9 Å². The molecule has 0 aliphatic carbocycles.